The van der Waals surface area contributed by atoms with Gasteiger partial charge in [-0.05, 0) is 18.2 Å². The number of nitro groups is 1. The second-order valence-electron chi connectivity index (χ2n) is 5.24. The van der Waals surface area contributed by atoms with E-state index < -0.39 is 14.9 Å². The van der Waals surface area contributed by atoms with Gasteiger partial charge in [0, 0.05) is 25.2 Å². The molecule has 1 aromatic heterocycles. The molecule has 0 unspecified atom stereocenters. The Kier molecular flexibility index (Phi) is 6.11. The van der Waals surface area contributed by atoms with Crippen molar-refractivity contribution >= 4 is 27.1 Å². The molecule has 140 valence electrons. The van der Waals surface area contributed by atoms with E-state index in [9.17, 15) is 18.5 Å². The first kappa shape index (κ1) is 19.6. The lowest BCUT2D eigenvalue weighted by Gasteiger charge is -2.18. The molecule has 26 heavy (non-hydrogen) atoms. The van der Waals surface area contributed by atoms with E-state index in [2.05, 4.69) is 10.3 Å². The van der Waals surface area contributed by atoms with Gasteiger partial charge in [-0.15, -0.1) is 0 Å². The molecule has 0 saturated carbocycles. The number of rotatable bonds is 8. The first-order valence-electron chi connectivity index (χ1n) is 7.89. The summed E-state index contributed by atoms with van der Waals surface area (Å²) in [6.07, 6.45) is 1.46. The Morgan fingerprint density at radius 1 is 1.23 bits per heavy atom. The highest BCUT2D eigenvalue weighted by atomic mass is 32.2. The predicted octanol–water partition coefficient (Wildman–Crippen LogP) is 2.77. The molecule has 0 spiro atoms. The summed E-state index contributed by atoms with van der Waals surface area (Å²) in [7, 11) is -2.30. The minimum Gasteiger partial charge on any atom is -0.481 e. The molecule has 10 heteroatoms. The Hall–Kier alpha value is -2.72. The normalized spacial score (nSPS) is 11.4. The second kappa shape index (κ2) is 8.11. The molecule has 0 amide bonds. The fourth-order valence-corrected chi connectivity index (χ4v) is 3.85. The average Bonchev–Trinajstić information content (AvgIpc) is 2.63. The SMILES string of the molecule is CCN(CC)S(=O)(=O)c1ccc(Nc2ccc(OC)nc2)c([N+](=O)[O-])c1. The maximum Gasteiger partial charge on any atom is 0.294 e. The van der Waals surface area contributed by atoms with Crippen LogP contribution in [0.15, 0.2) is 41.4 Å². The van der Waals surface area contributed by atoms with Crippen LogP contribution in [-0.4, -0.2) is 42.8 Å². The third-order valence-corrected chi connectivity index (χ3v) is 5.78. The molecular weight excluding hydrogens is 360 g/mol. The largest absolute Gasteiger partial charge is 0.481 e. The van der Waals surface area contributed by atoms with Crippen molar-refractivity contribution in [2.75, 3.05) is 25.5 Å². The topological polar surface area (TPSA) is 115 Å². The Morgan fingerprint density at radius 3 is 2.42 bits per heavy atom. The van der Waals surface area contributed by atoms with Crippen LogP contribution in [0.25, 0.3) is 0 Å². The zero-order valence-corrected chi connectivity index (χ0v) is 15.5. The number of nitrogens with zero attached hydrogens (tertiary/aromatic N) is 3. The molecule has 1 N–H and O–H groups in total. The molecule has 0 aliphatic carbocycles. The van der Waals surface area contributed by atoms with E-state index >= 15 is 0 Å². The highest BCUT2D eigenvalue weighted by molar-refractivity contribution is 7.89. The van der Waals surface area contributed by atoms with E-state index in [0.717, 1.165) is 6.07 Å². The van der Waals surface area contributed by atoms with Crippen molar-refractivity contribution in [1.82, 2.24) is 9.29 Å². The number of nitrogens with one attached hydrogen (secondary N) is 1. The van der Waals surface area contributed by atoms with Gasteiger partial charge in [0.2, 0.25) is 15.9 Å². The van der Waals surface area contributed by atoms with Crippen LogP contribution in [0.4, 0.5) is 17.1 Å². The van der Waals surface area contributed by atoms with Crippen LogP contribution >= 0.6 is 0 Å². The van der Waals surface area contributed by atoms with Crippen LogP contribution in [0.5, 0.6) is 5.88 Å². The van der Waals surface area contributed by atoms with Gasteiger partial charge in [0.05, 0.1) is 28.8 Å². The lowest BCUT2D eigenvalue weighted by molar-refractivity contribution is -0.384. The van der Waals surface area contributed by atoms with Gasteiger partial charge in [0.15, 0.2) is 0 Å². The Bertz CT molecular complexity index is 880. The molecule has 0 saturated heterocycles. The fraction of sp³-hybridized carbons (Fsp3) is 0.312. The van der Waals surface area contributed by atoms with Crippen LogP contribution < -0.4 is 10.1 Å². The molecule has 0 aliphatic heterocycles. The monoisotopic (exact) mass is 380 g/mol. The second-order valence-corrected chi connectivity index (χ2v) is 7.18. The van der Waals surface area contributed by atoms with Gasteiger partial charge < -0.3 is 10.1 Å². The Morgan fingerprint density at radius 2 is 1.92 bits per heavy atom. The minimum absolute atomic E-state index is 0.119. The highest BCUT2D eigenvalue weighted by Gasteiger charge is 2.25. The number of anilines is 2. The quantitative estimate of drug-likeness (QED) is 0.553. The van der Waals surface area contributed by atoms with Crippen LogP contribution in [0, 0.1) is 10.1 Å². The van der Waals surface area contributed by atoms with Gasteiger partial charge in [-0.2, -0.15) is 4.31 Å². The van der Waals surface area contributed by atoms with Crippen molar-refractivity contribution in [3.05, 3.63) is 46.6 Å². The summed E-state index contributed by atoms with van der Waals surface area (Å²) in [4.78, 5) is 14.7. The molecule has 0 atom stereocenters. The zero-order valence-electron chi connectivity index (χ0n) is 14.7. The van der Waals surface area contributed by atoms with E-state index in [1.54, 1.807) is 26.0 Å². The minimum atomic E-state index is -3.78. The van der Waals surface area contributed by atoms with Crippen LogP contribution in [0.2, 0.25) is 0 Å². The molecule has 2 aromatic rings. The maximum absolute atomic E-state index is 12.6. The van der Waals surface area contributed by atoms with Gasteiger partial charge in [0.1, 0.15) is 5.69 Å². The summed E-state index contributed by atoms with van der Waals surface area (Å²) in [5.41, 5.74) is 0.336. The number of ether oxygens (including phenoxy) is 1. The van der Waals surface area contributed by atoms with Crippen molar-refractivity contribution in [3.63, 3.8) is 0 Å². The third-order valence-electron chi connectivity index (χ3n) is 3.73. The van der Waals surface area contributed by atoms with Crippen molar-refractivity contribution < 1.29 is 18.1 Å². The van der Waals surface area contributed by atoms with Crippen molar-refractivity contribution in [1.29, 1.82) is 0 Å². The Balaban J connectivity index is 2.41. The smallest absolute Gasteiger partial charge is 0.294 e. The first-order valence-corrected chi connectivity index (χ1v) is 9.33. The fourth-order valence-electron chi connectivity index (χ4n) is 2.37. The zero-order chi connectivity index (χ0) is 19.3. The molecule has 2 rings (SSSR count). The molecule has 1 heterocycles. The predicted molar refractivity (Wildman–Crippen MR) is 97.3 cm³/mol. The highest BCUT2D eigenvalue weighted by Crippen LogP contribution is 2.31. The standard InChI is InChI=1S/C16H20N4O5S/c1-4-19(5-2)26(23,24)13-7-8-14(15(10-13)20(21)22)18-12-6-9-16(25-3)17-11-12/h6-11,18H,4-5H2,1-3H3. The van der Waals surface area contributed by atoms with E-state index in [1.165, 1.54) is 29.7 Å². The van der Waals surface area contributed by atoms with E-state index in [0.29, 0.717) is 11.6 Å². The molecule has 1 aromatic carbocycles. The van der Waals surface area contributed by atoms with Gasteiger partial charge in [0.25, 0.3) is 5.69 Å². The summed E-state index contributed by atoms with van der Waals surface area (Å²) in [6, 6.07) is 7.04. The van der Waals surface area contributed by atoms with Gasteiger partial charge in [-0.25, -0.2) is 13.4 Å². The van der Waals surface area contributed by atoms with Crippen molar-refractivity contribution in [3.8, 4) is 5.88 Å². The number of sulfonamides is 1. The van der Waals surface area contributed by atoms with Gasteiger partial charge >= 0.3 is 0 Å². The number of nitro benzene ring substituents is 1. The molecule has 0 fully saturated rings. The summed E-state index contributed by atoms with van der Waals surface area (Å²) in [6.45, 7) is 3.98. The number of pyridine rings is 1. The first-order chi connectivity index (χ1) is 12.3. The molecule has 0 aliphatic rings. The average molecular weight is 380 g/mol. The van der Waals surface area contributed by atoms with E-state index in [4.69, 9.17) is 4.74 Å². The summed E-state index contributed by atoms with van der Waals surface area (Å²) < 4.78 is 31.3. The summed E-state index contributed by atoms with van der Waals surface area (Å²) in [5.74, 6) is 0.408. The van der Waals surface area contributed by atoms with Crippen LogP contribution in [0.3, 0.4) is 0 Å². The number of hydrogen-bond acceptors (Lipinski definition) is 7. The van der Waals surface area contributed by atoms with Crippen molar-refractivity contribution in [2.45, 2.75) is 18.7 Å². The molecule has 9 nitrogen and oxygen atoms in total. The van der Waals surface area contributed by atoms with E-state index in [-0.39, 0.29) is 29.4 Å². The molecule has 0 bridgehead atoms. The number of methoxy groups -OCH3 is 1. The number of aromatic nitrogens is 1. The third kappa shape index (κ3) is 4.09. The lowest BCUT2D eigenvalue weighted by atomic mass is 10.2. The summed E-state index contributed by atoms with van der Waals surface area (Å²) in [5, 5.41) is 14.3. The summed E-state index contributed by atoms with van der Waals surface area (Å²) >= 11 is 0. The Labute approximate surface area is 151 Å². The maximum atomic E-state index is 12.6. The van der Waals surface area contributed by atoms with Gasteiger partial charge in [-0.3, -0.25) is 10.1 Å². The number of benzene rings is 1. The molecular formula is C16H20N4O5S. The van der Waals surface area contributed by atoms with Crippen molar-refractivity contribution in [2.24, 2.45) is 0 Å². The van der Waals surface area contributed by atoms with E-state index in [1.807, 2.05) is 0 Å². The molecule has 0 radical (unpaired) electrons. The van der Waals surface area contributed by atoms with Gasteiger partial charge in [-0.1, -0.05) is 13.8 Å². The lowest BCUT2D eigenvalue weighted by Crippen LogP contribution is -2.30. The van der Waals surface area contributed by atoms with Crippen LogP contribution in [0.1, 0.15) is 13.8 Å². The van der Waals surface area contributed by atoms with Crippen LogP contribution in [-0.2, 0) is 10.0 Å². The number of hydrogen-bond donors (Lipinski definition) is 1.